The van der Waals surface area contributed by atoms with E-state index in [-0.39, 0.29) is 30.1 Å². The lowest BCUT2D eigenvalue weighted by Gasteiger charge is -2.43. The Labute approximate surface area is 167 Å². The van der Waals surface area contributed by atoms with E-state index >= 15 is 0 Å². The quantitative estimate of drug-likeness (QED) is 0.665. The van der Waals surface area contributed by atoms with Crippen LogP contribution in [0.5, 0.6) is 0 Å². The van der Waals surface area contributed by atoms with Crippen molar-refractivity contribution >= 4 is 12.0 Å². The number of amides is 2. The topological polar surface area (TPSA) is 87.7 Å². The third-order valence-corrected chi connectivity index (χ3v) is 5.96. The fraction of sp³-hybridized carbons (Fsp3) is 0.636. The van der Waals surface area contributed by atoms with Crippen molar-refractivity contribution in [3.8, 4) is 0 Å². The first-order valence-electron chi connectivity index (χ1n) is 10.5. The summed E-state index contributed by atoms with van der Waals surface area (Å²) in [6.45, 7) is 0.692. The van der Waals surface area contributed by atoms with Crippen molar-refractivity contribution in [2.75, 3.05) is 6.61 Å². The number of nitrogens with one attached hydrogen (secondary N) is 2. The number of urea groups is 1. The lowest BCUT2D eigenvalue weighted by molar-refractivity contribution is -0.137. The summed E-state index contributed by atoms with van der Waals surface area (Å²) in [6, 6.07) is 9.55. The number of rotatable bonds is 7. The van der Waals surface area contributed by atoms with Crippen LogP contribution in [0.3, 0.4) is 0 Å². The number of carboxylic acid groups (broad SMARTS) is 1. The Morgan fingerprint density at radius 1 is 1.18 bits per heavy atom. The average Bonchev–Trinajstić information content (AvgIpc) is 2.67. The molecule has 0 radical (unpaired) electrons. The summed E-state index contributed by atoms with van der Waals surface area (Å²) in [5.41, 5.74) is 1.03. The van der Waals surface area contributed by atoms with Gasteiger partial charge in [-0.15, -0.1) is 0 Å². The SMILES string of the molecule is O=C(O)CCC(Cc1ccccc1)NC(=O)NC1CCOC2(CCCCC2)C1. The Morgan fingerprint density at radius 3 is 2.64 bits per heavy atom. The van der Waals surface area contributed by atoms with E-state index < -0.39 is 5.97 Å². The number of carbonyl (C=O) groups is 2. The van der Waals surface area contributed by atoms with Gasteiger partial charge in [0.2, 0.25) is 0 Å². The Balaban J connectivity index is 1.54. The summed E-state index contributed by atoms with van der Waals surface area (Å²) in [6.07, 6.45) is 8.62. The Kier molecular flexibility index (Phi) is 7.31. The van der Waals surface area contributed by atoms with Crippen LogP contribution in [0, 0.1) is 0 Å². The molecule has 2 fully saturated rings. The minimum atomic E-state index is -0.844. The van der Waals surface area contributed by atoms with Crippen molar-refractivity contribution in [3.63, 3.8) is 0 Å². The molecule has 1 heterocycles. The molecule has 1 spiro atoms. The smallest absolute Gasteiger partial charge is 0.315 e. The van der Waals surface area contributed by atoms with Crippen molar-refractivity contribution in [2.24, 2.45) is 0 Å². The highest BCUT2D eigenvalue weighted by atomic mass is 16.5. The van der Waals surface area contributed by atoms with E-state index in [4.69, 9.17) is 9.84 Å². The standard InChI is InChI=1S/C22H32N2O4/c25-20(26)10-9-18(15-17-7-3-1-4-8-17)23-21(27)24-19-11-14-28-22(16-19)12-5-2-6-13-22/h1,3-4,7-8,18-19H,2,5-6,9-16H2,(H,25,26)(H2,23,24,27). The molecule has 0 bridgehead atoms. The van der Waals surface area contributed by atoms with Crippen LogP contribution in [0.25, 0.3) is 0 Å². The van der Waals surface area contributed by atoms with Gasteiger partial charge in [0.05, 0.1) is 5.60 Å². The first kappa shape index (κ1) is 20.6. The predicted molar refractivity (Wildman–Crippen MR) is 107 cm³/mol. The highest BCUT2D eigenvalue weighted by Crippen LogP contribution is 2.38. The number of ether oxygens (including phenoxy) is 1. The van der Waals surface area contributed by atoms with Crippen LogP contribution in [0.2, 0.25) is 0 Å². The molecule has 6 nitrogen and oxygen atoms in total. The summed E-state index contributed by atoms with van der Waals surface area (Å²) in [4.78, 5) is 23.6. The molecule has 1 saturated carbocycles. The number of hydrogen-bond acceptors (Lipinski definition) is 3. The average molecular weight is 389 g/mol. The molecule has 1 saturated heterocycles. The van der Waals surface area contributed by atoms with E-state index in [1.54, 1.807) is 0 Å². The van der Waals surface area contributed by atoms with Crippen molar-refractivity contribution in [3.05, 3.63) is 35.9 Å². The molecule has 2 amide bonds. The van der Waals surface area contributed by atoms with E-state index in [9.17, 15) is 9.59 Å². The minimum absolute atomic E-state index is 0.0398. The van der Waals surface area contributed by atoms with E-state index in [1.807, 2.05) is 30.3 Å². The third-order valence-electron chi connectivity index (χ3n) is 5.96. The maximum Gasteiger partial charge on any atom is 0.315 e. The summed E-state index contributed by atoms with van der Waals surface area (Å²) in [5.74, 6) is -0.844. The largest absolute Gasteiger partial charge is 0.481 e. The third kappa shape index (κ3) is 6.23. The zero-order valence-corrected chi connectivity index (χ0v) is 16.5. The summed E-state index contributed by atoms with van der Waals surface area (Å²) in [5, 5.41) is 15.1. The molecule has 1 aliphatic heterocycles. The van der Waals surface area contributed by atoms with Gasteiger partial charge in [0, 0.05) is 25.1 Å². The Morgan fingerprint density at radius 2 is 1.93 bits per heavy atom. The zero-order chi connectivity index (χ0) is 19.8. The highest BCUT2D eigenvalue weighted by molar-refractivity contribution is 5.74. The van der Waals surface area contributed by atoms with Crippen molar-refractivity contribution in [1.29, 1.82) is 0 Å². The fourth-order valence-electron chi connectivity index (χ4n) is 4.53. The van der Waals surface area contributed by atoms with E-state index in [0.29, 0.717) is 19.4 Å². The van der Waals surface area contributed by atoms with Crippen LogP contribution in [0.1, 0.15) is 63.4 Å². The van der Waals surface area contributed by atoms with Gasteiger partial charge in [0.25, 0.3) is 0 Å². The van der Waals surface area contributed by atoms with Crippen molar-refractivity contribution < 1.29 is 19.4 Å². The number of carboxylic acids is 1. The van der Waals surface area contributed by atoms with Gasteiger partial charge < -0.3 is 20.5 Å². The molecule has 2 aliphatic rings. The van der Waals surface area contributed by atoms with E-state index in [2.05, 4.69) is 10.6 Å². The highest BCUT2D eigenvalue weighted by Gasteiger charge is 2.38. The van der Waals surface area contributed by atoms with Crippen LogP contribution in [-0.4, -0.2) is 41.4 Å². The number of benzene rings is 1. The number of hydrogen-bond donors (Lipinski definition) is 3. The maximum atomic E-state index is 12.6. The monoisotopic (exact) mass is 388 g/mol. The van der Waals surface area contributed by atoms with Gasteiger partial charge in [-0.05, 0) is 44.1 Å². The van der Waals surface area contributed by atoms with Gasteiger partial charge in [-0.25, -0.2) is 4.79 Å². The second kappa shape index (κ2) is 9.92. The first-order chi connectivity index (χ1) is 13.5. The fourth-order valence-corrected chi connectivity index (χ4v) is 4.53. The molecule has 1 aromatic rings. The lowest BCUT2D eigenvalue weighted by Crippen LogP contribution is -2.53. The van der Waals surface area contributed by atoms with Gasteiger partial charge in [-0.2, -0.15) is 0 Å². The molecule has 3 rings (SSSR count). The maximum absolute atomic E-state index is 12.6. The lowest BCUT2D eigenvalue weighted by atomic mass is 9.78. The summed E-state index contributed by atoms with van der Waals surface area (Å²) in [7, 11) is 0. The van der Waals surface area contributed by atoms with Crippen LogP contribution >= 0.6 is 0 Å². The van der Waals surface area contributed by atoms with Gasteiger partial charge in [0.1, 0.15) is 0 Å². The van der Waals surface area contributed by atoms with Crippen LogP contribution < -0.4 is 10.6 Å². The molecular weight excluding hydrogens is 356 g/mol. The molecular formula is C22H32N2O4. The normalized spacial score (nSPS) is 22.4. The minimum Gasteiger partial charge on any atom is -0.481 e. The second-order valence-electron chi connectivity index (χ2n) is 8.22. The molecule has 1 aromatic carbocycles. The Hall–Kier alpha value is -2.08. The van der Waals surface area contributed by atoms with Crippen LogP contribution in [0.4, 0.5) is 4.79 Å². The molecule has 6 heteroatoms. The van der Waals surface area contributed by atoms with E-state index in [1.165, 1.54) is 19.3 Å². The van der Waals surface area contributed by atoms with Gasteiger partial charge in [-0.3, -0.25) is 4.79 Å². The molecule has 3 N–H and O–H groups in total. The number of carbonyl (C=O) groups excluding carboxylic acids is 1. The van der Waals surface area contributed by atoms with E-state index in [0.717, 1.165) is 31.2 Å². The van der Waals surface area contributed by atoms with Crippen molar-refractivity contribution in [2.45, 2.75) is 81.9 Å². The van der Waals surface area contributed by atoms with Crippen molar-refractivity contribution in [1.82, 2.24) is 10.6 Å². The molecule has 1 aliphatic carbocycles. The second-order valence-corrected chi connectivity index (χ2v) is 8.22. The van der Waals surface area contributed by atoms with Crippen LogP contribution in [-0.2, 0) is 16.0 Å². The molecule has 0 aromatic heterocycles. The molecule has 2 atom stereocenters. The van der Waals surface area contributed by atoms with Crippen LogP contribution in [0.15, 0.2) is 30.3 Å². The van der Waals surface area contributed by atoms with Gasteiger partial charge in [0.15, 0.2) is 0 Å². The summed E-state index contributed by atoms with van der Waals surface area (Å²) < 4.78 is 6.11. The zero-order valence-electron chi connectivity index (χ0n) is 16.5. The molecule has 28 heavy (non-hydrogen) atoms. The summed E-state index contributed by atoms with van der Waals surface area (Å²) >= 11 is 0. The molecule has 154 valence electrons. The molecule has 2 unspecified atom stereocenters. The Bertz CT molecular complexity index is 638. The van der Waals surface area contributed by atoms with Gasteiger partial charge in [-0.1, -0.05) is 49.6 Å². The first-order valence-corrected chi connectivity index (χ1v) is 10.5. The predicted octanol–water partition coefficient (Wildman–Crippen LogP) is 3.64. The van der Waals surface area contributed by atoms with Gasteiger partial charge >= 0.3 is 12.0 Å². The number of aliphatic carboxylic acids is 1.